The number of halogens is 2. The van der Waals surface area contributed by atoms with Crippen LogP contribution in [-0.4, -0.2) is 66.5 Å². The van der Waals surface area contributed by atoms with E-state index >= 15 is 0 Å². The van der Waals surface area contributed by atoms with Gasteiger partial charge < -0.3 is 14.1 Å². The van der Waals surface area contributed by atoms with Crippen molar-refractivity contribution in [3.63, 3.8) is 0 Å². The van der Waals surface area contributed by atoms with E-state index in [0.717, 1.165) is 50.3 Å². The van der Waals surface area contributed by atoms with Gasteiger partial charge in [0.05, 0.1) is 34.0 Å². The molecule has 1 unspecified atom stereocenters. The summed E-state index contributed by atoms with van der Waals surface area (Å²) >= 11 is 0. The van der Waals surface area contributed by atoms with Crippen molar-refractivity contribution >= 4 is 15.7 Å². The fourth-order valence-electron chi connectivity index (χ4n) is 6.89. The van der Waals surface area contributed by atoms with Gasteiger partial charge in [0, 0.05) is 45.1 Å². The maximum absolute atomic E-state index is 13.9. The Balaban J connectivity index is 1.42. The first-order chi connectivity index (χ1) is 21.0. The second-order valence-electron chi connectivity index (χ2n) is 12.7. The first kappa shape index (κ1) is 30.8. The minimum absolute atomic E-state index is 0.0167. The molecule has 3 aliphatic heterocycles. The van der Waals surface area contributed by atoms with Crippen molar-refractivity contribution < 1.29 is 31.1 Å². The molecule has 1 aromatic carbocycles. The third kappa shape index (κ3) is 6.02. The van der Waals surface area contributed by atoms with Crippen LogP contribution in [-0.2, 0) is 32.2 Å². The SMILES string of the molecule is Cc1nnc(-c2c(CCC3CCOCC3)nc3c(c2[C@H]2CCN(C(=O)Cc4ccc(F)c(F)c4)C2)S(=O)(=O)CC3C(C)C)o1. The van der Waals surface area contributed by atoms with Gasteiger partial charge in [-0.25, -0.2) is 17.2 Å². The van der Waals surface area contributed by atoms with Crippen LogP contribution in [0.3, 0.4) is 0 Å². The third-order valence-electron chi connectivity index (χ3n) is 9.32. The number of fused-ring (bicyclic) bond motifs is 1. The molecule has 0 saturated carbocycles. The molecule has 44 heavy (non-hydrogen) atoms. The second-order valence-corrected chi connectivity index (χ2v) is 14.6. The van der Waals surface area contributed by atoms with Crippen LogP contribution >= 0.6 is 0 Å². The Hall–Kier alpha value is -3.25. The number of hydrogen-bond acceptors (Lipinski definition) is 8. The van der Waals surface area contributed by atoms with Gasteiger partial charge in [0.15, 0.2) is 21.5 Å². The van der Waals surface area contributed by atoms with E-state index in [4.69, 9.17) is 14.1 Å². The quantitative estimate of drug-likeness (QED) is 0.336. The van der Waals surface area contributed by atoms with Gasteiger partial charge in [-0.15, -0.1) is 10.2 Å². The second kappa shape index (κ2) is 12.3. The number of likely N-dealkylation sites (tertiary alicyclic amines) is 1. The molecule has 2 atom stereocenters. The maximum atomic E-state index is 13.9. The average molecular weight is 629 g/mol. The summed E-state index contributed by atoms with van der Waals surface area (Å²) in [5.41, 5.74) is 2.92. The summed E-state index contributed by atoms with van der Waals surface area (Å²) in [5.74, 6) is -1.65. The minimum atomic E-state index is -3.69. The van der Waals surface area contributed by atoms with Crippen LogP contribution in [0.15, 0.2) is 27.5 Å². The molecule has 0 N–H and O–H groups in total. The maximum Gasteiger partial charge on any atom is 0.249 e. The van der Waals surface area contributed by atoms with Crippen LogP contribution in [0.5, 0.6) is 0 Å². The monoisotopic (exact) mass is 628 g/mol. The summed E-state index contributed by atoms with van der Waals surface area (Å²) in [4.78, 5) is 20.3. The molecule has 6 rings (SSSR count). The number of nitrogens with zero attached hydrogens (tertiary/aromatic N) is 4. The smallest absolute Gasteiger partial charge is 0.249 e. The van der Waals surface area contributed by atoms with Crippen molar-refractivity contribution in [3.8, 4) is 11.5 Å². The molecule has 1 amide bonds. The van der Waals surface area contributed by atoms with Crippen LogP contribution in [0, 0.1) is 30.4 Å². The van der Waals surface area contributed by atoms with E-state index in [-0.39, 0.29) is 53.2 Å². The first-order valence-electron chi connectivity index (χ1n) is 15.4. The highest BCUT2D eigenvalue weighted by Gasteiger charge is 2.45. The number of sulfone groups is 1. The molecule has 0 spiro atoms. The van der Waals surface area contributed by atoms with E-state index in [1.165, 1.54) is 6.07 Å². The zero-order valence-electron chi connectivity index (χ0n) is 25.3. The molecule has 5 heterocycles. The van der Waals surface area contributed by atoms with Gasteiger partial charge >= 0.3 is 0 Å². The molecule has 12 heteroatoms. The number of carbonyl (C=O) groups is 1. The highest BCUT2D eigenvalue weighted by atomic mass is 32.2. The number of amides is 1. The lowest BCUT2D eigenvalue weighted by Crippen LogP contribution is -2.30. The molecule has 2 fully saturated rings. The van der Waals surface area contributed by atoms with Crippen LogP contribution in [0.1, 0.15) is 79.8 Å². The fourth-order valence-corrected chi connectivity index (χ4v) is 9.19. The standard InChI is InChI=1S/C32H38F2N4O5S/c1-18(2)23-17-44(40,41)31-28(22-8-11-38(16-22)27(39)15-21-4-6-24(33)25(34)14-21)29(32-37-36-19(3)43-32)26(35-30(23)31)7-5-20-9-12-42-13-10-20/h4,6,14,18,20,22-23H,5,7-13,15-17H2,1-3H3/t22-,23?/m0/s1. The lowest BCUT2D eigenvalue weighted by molar-refractivity contribution is -0.129. The summed E-state index contributed by atoms with van der Waals surface area (Å²) in [6.45, 7) is 7.86. The Labute approximate surface area is 256 Å². The van der Waals surface area contributed by atoms with Crippen molar-refractivity contribution in [1.29, 1.82) is 0 Å². The van der Waals surface area contributed by atoms with Crippen LogP contribution in [0.25, 0.3) is 11.5 Å². The Morgan fingerprint density at radius 1 is 1.11 bits per heavy atom. The van der Waals surface area contributed by atoms with Gasteiger partial charge in [0.2, 0.25) is 17.7 Å². The van der Waals surface area contributed by atoms with Gasteiger partial charge in [-0.3, -0.25) is 9.78 Å². The van der Waals surface area contributed by atoms with Crippen molar-refractivity contribution in [3.05, 3.63) is 58.2 Å². The largest absolute Gasteiger partial charge is 0.421 e. The van der Waals surface area contributed by atoms with Crippen LogP contribution in [0.4, 0.5) is 8.78 Å². The summed E-state index contributed by atoms with van der Waals surface area (Å²) in [6, 6.07) is 3.45. The molecule has 0 aliphatic carbocycles. The number of carbonyl (C=O) groups excluding carboxylic acids is 1. The van der Waals surface area contributed by atoms with Crippen molar-refractivity contribution in [2.24, 2.45) is 11.8 Å². The van der Waals surface area contributed by atoms with Crippen molar-refractivity contribution in [1.82, 2.24) is 20.1 Å². The molecule has 9 nitrogen and oxygen atoms in total. The Morgan fingerprint density at radius 3 is 2.57 bits per heavy atom. The predicted molar refractivity (Wildman–Crippen MR) is 158 cm³/mol. The number of benzene rings is 1. The zero-order valence-corrected chi connectivity index (χ0v) is 26.1. The number of hydrogen-bond donors (Lipinski definition) is 0. The molecule has 0 bridgehead atoms. The highest BCUT2D eigenvalue weighted by molar-refractivity contribution is 7.91. The van der Waals surface area contributed by atoms with Gasteiger partial charge in [-0.2, -0.15) is 0 Å². The van der Waals surface area contributed by atoms with Crippen molar-refractivity contribution in [2.75, 3.05) is 32.1 Å². The molecule has 2 aromatic heterocycles. The Bertz CT molecular complexity index is 1670. The lowest BCUT2D eigenvalue weighted by Gasteiger charge is -2.25. The zero-order chi connectivity index (χ0) is 31.2. The number of rotatable bonds is 8. The van der Waals surface area contributed by atoms with Gasteiger partial charge in [-0.05, 0) is 67.2 Å². The predicted octanol–water partition coefficient (Wildman–Crippen LogP) is 5.16. The first-order valence-corrected chi connectivity index (χ1v) is 17.1. The molecular weight excluding hydrogens is 590 g/mol. The number of aryl methyl sites for hydroxylation is 2. The average Bonchev–Trinajstić information content (AvgIpc) is 3.71. The molecule has 0 radical (unpaired) electrons. The number of aromatic nitrogens is 3. The van der Waals surface area contributed by atoms with Gasteiger partial charge in [-0.1, -0.05) is 19.9 Å². The molecule has 236 valence electrons. The van der Waals surface area contributed by atoms with Crippen LogP contribution < -0.4 is 0 Å². The molecular formula is C32H38F2N4O5S. The van der Waals surface area contributed by atoms with E-state index in [2.05, 4.69) is 10.2 Å². The number of pyridine rings is 1. The lowest BCUT2D eigenvalue weighted by atomic mass is 9.85. The topological polar surface area (TPSA) is 115 Å². The molecule has 2 saturated heterocycles. The minimum Gasteiger partial charge on any atom is -0.421 e. The summed E-state index contributed by atoms with van der Waals surface area (Å²) in [7, 11) is -3.69. The highest BCUT2D eigenvalue weighted by Crippen LogP contribution is 2.48. The summed E-state index contributed by atoms with van der Waals surface area (Å²) < 4.78 is 66.6. The van der Waals surface area contributed by atoms with Crippen molar-refractivity contribution in [2.45, 2.75) is 76.0 Å². The van der Waals surface area contributed by atoms with E-state index in [1.54, 1.807) is 11.8 Å². The van der Waals surface area contributed by atoms with Gasteiger partial charge in [0.1, 0.15) is 0 Å². The fraction of sp³-hybridized carbons (Fsp3) is 0.562. The number of ether oxygens (including phenoxy) is 1. The van der Waals surface area contributed by atoms with E-state index < -0.39 is 21.5 Å². The Kier molecular flexibility index (Phi) is 8.58. The molecule has 3 aliphatic rings. The van der Waals surface area contributed by atoms with E-state index in [0.29, 0.717) is 53.6 Å². The molecule has 3 aromatic rings. The normalized spacial score (nSPS) is 21.7. The summed E-state index contributed by atoms with van der Waals surface area (Å²) in [6.07, 6.45) is 3.87. The third-order valence-corrected chi connectivity index (χ3v) is 11.2. The van der Waals surface area contributed by atoms with Gasteiger partial charge in [0.25, 0.3) is 0 Å². The van der Waals surface area contributed by atoms with Crippen LogP contribution in [0.2, 0.25) is 0 Å². The summed E-state index contributed by atoms with van der Waals surface area (Å²) in [5, 5.41) is 8.40. The van der Waals surface area contributed by atoms with E-state index in [1.807, 2.05) is 13.8 Å². The van der Waals surface area contributed by atoms with E-state index in [9.17, 15) is 22.0 Å². The Morgan fingerprint density at radius 2 is 1.89 bits per heavy atom.